The Balaban J connectivity index is 1.97. The molecule has 9 heteroatoms. The number of ketones is 2. The SMILES string of the molecule is CCCC(=O)Nc1ccc(OCC(O)COc2ccc(NC(=O)CCC)c(C(C)=O)c2)cc1C(C)=O. The summed E-state index contributed by atoms with van der Waals surface area (Å²) in [5, 5.41) is 15.7. The third-order valence-corrected chi connectivity index (χ3v) is 5.13. The first-order valence-corrected chi connectivity index (χ1v) is 12.0. The first kappa shape index (κ1) is 28.5. The van der Waals surface area contributed by atoms with Crippen molar-refractivity contribution in [3.63, 3.8) is 0 Å². The van der Waals surface area contributed by atoms with Crippen LogP contribution in [0.1, 0.15) is 74.1 Å². The second-order valence-electron chi connectivity index (χ2n) is 8.40. The summed E-state index contributed by atoms with van der Waals surface area (Å²) in [6, 6.07) is 9.42. The molecule has 2 amide bonds. The number of benzene rings is 2. The lowest BCUT2D eigenvalue weighted by Crippen LogP contribution is -2.25. The Hall–Kier alpha value is -3.72. The highest BCUT2D eigenvalue weighted by molar-refractivity contribution is 6.04. The van der Waals surface area contributed by atoms with Crippen LogP contribution in [0.4, 0.5) is 11.4 Å². The first-order valence-electron chi connectivity index (χ1n) is 12.0. The van der Waals surface area contributed by atoms with Crippen LogP contribution in [0.15, 0.2) is 36.4 Å². The lowest BCUT2D eigenvalue weighted by molar-refractivity contribution is -0.117. The van der Waals surface area contributed by atoms with Crippen molar-refractivity contribution in [1.29, 1.82) is 0 Å². The van der Waals surface area contributed by atoms with Crippen LogP contribution in [0, 0.1) is 0 Å². The van der Waals surface area contributed by atoms with Crippen LogP contribution in [-0.2, 0) is 9.59 Å². The van der Waals surface area contributed by atoms with Crippen molar-refractivity contribution in [2.24, 2.45) is 0 Å². The van der Waals surface area contributed by atoms with E-state index in [0.29, 0.717) is 59.7 Å². The number of aliphatic hydroxyl groups excluding tert-OH is 1. The van der Waals surface area contributed by atoms with Gasteiger partial charge in [-0.2, -0.15) is 0 Å². The van der Waals surface area contributed by atoms with Crippen LogP contribution in [0.2, 0.25) is 0 Å². The first-order chi connectivity index (χ1) is 17.1. The van der Waals surface area contributed by atoms with Crippen LogP contribution < -0.4 is 20.1 Å². The van der Waals surface area contributed by atoms with Crippen molar-refractivity contribution in [2.45, 2.75) is 59.5 Å². The maximum atomic E-state index is 12.0. The number of hydrogen-bond acceptors (Lipinski definition) is 7. The van der Waals surface area contributed by atoms with Gasteiger partial charge < -0.3 is 25.2 Å². The highest BCUT2D eigenvalue weighted by Crippen LogP contribution is 2.25. The quantitative estimate of drug-likeness (QED) is 0.329. The molecule has 0 bridgehead atoms. The molecular formula is C27H34N2O7. The minimum atomic E-state index is -1.00. The van der Waals surface area contributed by atoms with E-state index in [1.54, 1.807) is 24.3 Å². The Kier molecular flexibility index (Phi) is 11.1. The summed E-state index contributed by atoms with van der Waals surface area (Å²) < 4.78 is 11.2. The van der Waals surface area contributed by atoms with Gasteiger partial charge in [0.15, 0.2) is 11.6 Å². The van der Waals surface area contributed by atoms with E-state index in [0.717, 1.165) is 0 Å². The second kappa shape index (κ2) is 14.0. The normalized spacial score (nSPS) is 10.6. The summed E-state index contributed by atoms with van der Waals surface area (Å²) in [6.45, 7) is 6.36. The number of ether oxygens (including phenoxy) is 2. The van der Waals surface area contributed by atoms with E-state index in [1.165, 1.54) is 26.0 Å². The molecule has 36 heavy (non-hydrogen) atoms. The van der Waals surface area contributed by atoms with Gasteiger partial charge in [-0.25, -0.2) is 0 Å². The minimum absolute atomic E-state index is 0.108. The van der Waals surface area contributed by atoms with Gasteiger partial charge in [-0.05, 0) is 63.1 Å². The number of carbonyl (C=O) groups excluding carboxylic acids is 4. The molecule has 2 aromatic rings. The summed E-state index contributed by atoms with van der Waals surface area (Å²) in [5.41, 5.74) is 1.44. The van der Waals surface area contributed by atoms with Crippen LogP contribution >= 0.6 is 0 Å². The van der Waals surface area contributed by atoms with Crippen molar-refractivity contribution in [1.82, 2.24) is 0 Å². The molecule has 0 aliphatic heterocycles. The molecule has 0 heterocycles. The Morgan fingerprint density at radius 3 is 1.47 bits per heavy atom. The van der Waals surface area contributed by atoms with Crippen LogP contribution in [0.5, 0.6) is 11.5 Å². The predicted molar refractivity (Wildman–Crippen MR) is 137 cm³/mol. The number of nitrogens with one attached hydrogen (secondary N) is 2. The van der Waals surface area contributed by atoms with Gasteiger partial charge in [0.05, 0.1) is 11.4 Å². The summed E-state index contributed by atoms with van der Waals surface area (Å²) in [4.78, 5) is 47.8. The molecule has 9 nitrogen and oxygen atoms in total. The van der Waals surface area contributed by atoms with Crippen LogP contribution in [-0.4, -0.2) is 47.8 Å². The zero-order valence-electron chi connectivity index (χ0n) is 21.2. The molecular weight excluding hydrogens is 464 g/mol. The number of aliphatic hydroxyl groups is 1. The fourth-order valence-corrected chi connectivity index (χ4v) is 3.34. The van der Waals surface area contributed by atoms with Gasteiger partial charge >= 0.3 is 0 Å². The fraction of sp³-hybridized carbons (Fsp3) is 0.407. The van der Waals surface area contributed by atoms with E-state index in [9.17, 15) is 24.3 Å². The molecule has 0 aliphatic carbocycles. The van der Waals surface area contributed by atoms with Crippen molar-refractivity contribution in [3.05, 3.63) is 47.5 Å². The summed E-state index contributed by atoms with van der Waals surface area (Å²) in [6.07, 6.45) is 1.09. The van der Waals surface area contributed by atoms with Gasteiger partial charge in [0.2, 0.25) is 11.8 Å². The molecule has 0 fully saturated rings. The van der Waals surface area contributed by atoms with E-state index in [-0.39, 0.29) is 36.6 Å². The molecule has 0 atom stereocenters. The molecule has 0 aromatic heterocycles. The molecule has 194 valence electrons. The van der Waals surface area contributed by atoms with Gasteiger partial charge in [-0.1, -0.05) is 13.8 Å². The van der Waals surface area contributed by atoms with E-state index >= 15 is 0 Å². The summed E-state index contributed by atoms with van der Waals surface area (Å²) in [5.74, 6) is -0.0906. The number of carbonyl (C=O) groups is 4. The van der Waals surface area contributed by atoms with Gasteiger partial charge in [0.25, 0.3) is 0 Å². The van der Waals surface area contributed by atoms with Crippen molar-refractivity contribution < 1.29 is 33.8 Å². The Morgan fingerprint density at radius 2 is 1.14 bits per heavy atom. The maximum Gasteiger partial charge on any atom is 0.224 e. The zero-order chi connectivity index (χ0) is 26.7. The molecule has 0 unspecified atom stereocenters. The summed E-state index contributed by atoms with van der Waals surface area (Å²) >= 11 is 0. The van der Waals surface area contributed by atoms with Gasteiger partial charge in [0, 0.05) is 24.0 Å². The molecule has 0 aliphatic rings. The van der Waals surface area contributed by atoms with Crippen molar-refractivity contribution in [2.75, 3.05) is 23.8 Å². The number of anilines is 2. The zero-order valence-corrected chi connectivity index (χ0v) is 21.2. The Labute approximate surface area is 211 Å². The molecule has 0 saturated carbocycles. The lowest BCUT2D eigenvalue weighted by atomic mass is 10.1. The topological polar surface area (TPSA) is 131 Å². The van der Waals surface area contributed by atoms with Crippen molar-refractivity contribution >= 4 is 34.8 Å². The van der Waals surface area contributed by atoms with E-state index in [2.05, 4.69) is 10.6 Å². The minimum Gasteiger partial charge on any atom is -0.491 e. The fourth-order valence-electron chi connectivity index (χ4n) is 3.34. The molecule has 0 saturated heterocycles. The molecule has 0 radical (unpaired) electrons. The smallest absolute Gasteiger partial charge is 0.224 e. The van der Waals surface area contributed by atoms with Crippen LogP contribution in [0.3, 0.4) is 0 Å². The standard InChI is InChI=1S/C27H34N2O7/c1-5-7-26(33)28-24-11-9-20(13-22(24)17(3)30)35-15-19(32)16-36-21-10-12-25(23(14-21)18(4)31)29-27(34)8-6-2/h9-14,19,32H,5-8,15-16H2,1-4H3,(H,28,33)(H,29,34). The number of Topliss-reactive ketones (excluding diaryl/α,β-unsaturated/α-hetero) is 2. The number of rotatable bonds is 14. The van der Waals surface area contributed by atoms with E-state index in [4.69, 9.17) is 9.47 Å². The average Bonchev–Trinajstić information content (AvgIpc) is 2.82. The summed E-state index contributed by atoms with van der Waals surface area (Å²) in [7, 11) is 0. The van der Waals surface area contributed by atoms with E-state index in [1.807, 2.05) is 13.8 Å². The third kappa shape index (κ3) is 8.81. The maximum absolute atomic E-state index is 12.0. The number of amides is 2. The Bertz CT molecular complexity index is 1010. The molecule has 0 spiro atoms. The van der Waals surface area contributed by atoms with Gasteiger partial charge in [0.1, 0.15) is 30.8 Å². The number of hydrogen-bond donors (Lipinski definition) is 3. The predicted octanol–water partition coefficient (Wildman–Crippen LogP) is 4.39. The molecule has 2 aromatic carbocycles. The third-order valence-electron chi connectivity index (χ3n) is 5.13. The average molecular weight is 499 g/mol. The largest absolute Gasteiger partial charge is 0.491 e. The second-order valence-corrected chi connectivity index (χ2v) is 8.40. The van der Waals surface area contributed by atoms with Gasteiger partial charge in [-0.15, -0.1) is 0 Å². The molecule has 2 rings (SSSR count). The molecule has 3 N–H and O–H groups in total. The highest BCUT2D eigenvalue weighted by Gasteiger charge is 2.15. The van der Waals surface area contributed by atoms with Gasteiger partial charge in [-0.3, -0.25) is 19.2 Å². The monoisotopic (exact) mass is 498 g/mol. The Morgan fingerprint density at radius 1 is 0.750 bits per heavy atom. The lowest BCUT2D eigenvalue weighted by Gasteiger charge is -2.16. The van der Waals surface area contributed by atoms with Crippen LogP contribution in [0.25, 0.3) is 0 Å². The van der Waals surface area contributed by atoms with E-state index < -0.39 is 6.10 Å². The highest BCUT2D eigenvalue weighted by atomic mass is 16.5. The van der Waals surface area contributed by atoms with Crippen molar-refractivity contribution in [3.8, 4) is 11.5 Å².